The lowest BCUT2D eigenvalue weighted by molar-refractivity contribution is 0.406. The van der Waals surface area contributed by atoms with Gasteiger partial charge in [-0.2, -0.15) is 0 Å². The molecule has 0 amide bonds. The number of sulfone groups is 1. The summed E-state index contributed by atoms with van der Waals surface area (Å²) >= 11 is 3.32. The number of nitrogens with one attached hydrogen (secondary N) is 1. The number of halogens is 1. The quantitative estimate of drug-likeness (QED) is 0.868. The highest BCUT2D eigenvalue weighted by molar-refractivity contribution is 9.10. The molecule has 0 radical (unpaired) electrons. The van der Waals surface area contributed by atoms with Crippen molar-refractivity contribution >= 4 is 25.8 Å². The predicted octanol–water partition coefficient (Wildman–Crippen LogP) is 1.05. The summed E-state index contributed by atoms with van der Waals surface area (Å²) in [5.74, 6) is 0. The molecule has 0 saturated heterocycles. The van der Waals surface area contributed by atoms with Gasteiger partial charge in [0.05, 0.1) is 16.5 Å². The van der Waals surface area contributed by atoms with E-state index in [0.717, 1.165) is 5.69 Å². The highest BCUT2D eigenvalue weighted by Crippen LogP contribution is 2.34. The fourth-order valence-electron chi connectivity index (χ4n) is 1.74. The van der Waals surface area contributed by atoms with Crippen molar-refractivity contribution < 1.29 is 8.42 Å². The highest BCUT2D eigenvalue weighted by Gasteiger charge is 2.42. The molecule has 18 heavy (non-hydrogen) atoms. The molecule has 1 rings (SSSR count). The number of nitrogens with zero attached hydrogens (tertiary/aromatic N) is 3. The molecule has 104 valence electrons. The first kappa shape index (κ1) is 15.6. The van der Waals surface area contributed by atoms with Crippen molar-refractivity contribution in [3.05, 3.63) is 10.3 Å². The third-order valence-electron chi connectivity index (χ3n) is 3.16. The zero-order chi connectivity index (χ0) is 14.1. The third-order valence-corrected chi connectivity index (χ3v) is 5.87. The van der Waals surface area contributed by atoms with Crippen molar-refractivity contribution in [1.82, 2.24) is 20.3 Å². The van der Waals surface area contributed by atoms with Gasteiger partial charge in [0.2, 0.25) is 0 Å². The zero-order valence-corrected chi connectivity index (χ0v) is 13.6. The average molecular weight is 339 g/mol. The van der Waals surface area contributed by atoms with Gasteiger partial charge in [-0.25, -0.2) is 13.1 Å². The molecule has 1 aromatic heterocycles. The summed E-state index contributed by atoms with van der Waals surface area (Å²) in [7, 11) is -1.49. The lowest BCUT2D eigenvalue weighted by Crippen LogP contribution is -2.45. The minimum atomic E-state index is -3.24. The van der Waals surface area contributed by atoms with Gasteiger partial charge in [0, 0.05) is 13.3 Å². The van der Waals surface area contributed by atoms with Crippen LogP contribution in [0.4, 0.5) is 0 Å². The van der Waals surface area contributed by atoms with Crippen molar-refractivity contribution in [1.29, 1.82) is 0 Å². The van der Waals surface area contributed by atoms with Gasteiger partial charge in [0.1, 0.15) is 0 Å². The van der Waals surface area contributed by atoms with Gasteiger partial charge in [0.15, 0.2) is 14.4 Å². The molecule has 1 N–H and O–H groups in total. The lowest BCUT2D eigenvalue weighted by Gasteiger charge is -2.33. The molecular weight excluding hydrogens is 320 g/mol. The van der Waals surface area contributed by atoms with Gasteiger partial charge in [-0.05, 0) is 36.3 Å². The number of aryl methyl sites for hydroxylation is 1. The van der Waals surface area contributed by atoms with E-state index in [1.54, 1.807) is 25.6 Å². The number of aromatic nitrogens is 3. The summed E-state index contributed by atoms with van der Waals surface area (Å²) in [5.41, 5.74) is 0.729. The predicted molar refractivity (Wildman–Crippen MR) is 74.0 cm³/mol. The molecule has 1 unspecified atom stereocenters. The number of hydrogen-bond acceptors (Lipinski definition) is 5. The molecule has 0 aliphatic carbocycles. The Morgan fingerprint density at radius 1 is 1.50 bits per heavy atom. The van der Waals surface area contributed by atoms with Crippen LogP contribution in [-0.4, -0.2) is 41.0 Å². The second kappa shape index (κ2) is 5.26. The summed E-state index contributed by atoms with van der Waals surface area (Å²) in [6, 6.07) is -0.383. The van der Waals surface area contributed by atoms with Gasteiger partial charge >= 0.3 is 0 Å². The van der Waals surface area contributed by atoms with Crippen LogP contribution >= 0.6 is 15.9 Å². The Morgan fingerprint density at radius 3 is 2.39 bits per heavy atom. The van der Waals surface area contributed by atoms with Crippen LogP contribution in [0.25, 0.3) is 0 Å². The van der Waals surface area contributed by atoms with Crippen molar-refractivity contribution in [2.45, 2.75) is 31.6 Å². The van der Waals surface area contributed by atoms with Gasteiger partial charge in [-0.15, -0.1) is 5.10 Å². The van der Waals surface area contributed by atoms with Gasteiger partial charge < -0.3 is 5.32 Å². The van der Waals surface area contributed by atoms with Gasteiger partial charge in [-0.3, -0.25) is 0 Å². The summed E-state index contributed by atoms with van der Waals surface area (Å²) in [5, 5.41) is 11.0. The zero-order valence-electron chi connectivity index (χ0n) is 11.2. The molecule has 1 aromatic rings. The van der Waals surface area contributed by atoms with E-state index in [1.165, 1.54) is 6.26 Å². The van der Waals surface area contributed by atoms with Crippen molar-refractivity contribution in [3.63, 3.8) is 0 Å². The molecule has 0 fully saturated rings. The van der Waals surface area contributed by atoms with Crippen LogP contribution in [0.3, 0.4) is 0 Å². The summed E-state index contributed by atoms with van der Waals surface area (Å²) in [6.45, 7) is 5.99. The van der Waals surface area contributed by atoms with Crippen LogP contribution in [-0.2, 0) is 16.9 Å². The topological polar surface area (TPSA) is 76.9 Å². The smallest absolute Gasteiger partial charge is 0.154 e. The molecule has 0 aliphatic rings. The van der Waals surface area contributed by atoms with Crippen LogP contribution in [0.5, 0.6) is 0 Å². The van der Waals surface area contributed by atoms with Crippen molar-refractivity contribution in [3.8, 4) is 0 Å². The Bertz CT molecular complexity index is 504. The molecule has 1 atom stereocenters. The van der Waals surface area contributed by atoms with Crippen LogP contribution in [0.15, 0.2) is 4.60 Å². The van der Waals surface area contributed by atoms with E-state index in [4.69, 9.17) is 0 Å². The van der Waals surface area contributed by atoms with Crippen molar-refractivity contribution in [2.24, 2.45) is 7.05 Å². The SMILES string of the molecule is CCNC(c1c(Br)nnn1C)C(C)(C)S(C)(=O)=O. The molecular formula is C10H19BrN4O2S. The first-order chi connectivity index (χ1) is 8.13. The van der Waals surface area contributed by atoms with E-state index in [1.807, 2.05) is 6.92 Å². The molecule has 1 heterocycles. The summed E-state index contributed by atoms with van der Waals surface area (Å²) < 4.78 is 25.2. The standard InChI is InChI=1S/C10H19BrN4O2S/c1-6-12-8(10(2,3)18(5,16)17)7-9(11)13-14-15(7)4/h8,12H,6H2,1-5H3. The van der Waals surface area contributed by atoms with E-state index >= 15 is 0 Å². The second-order valence-corrected chi connectivity index (χ2v) is 8.10. The van der Waals surface area contributed by atoms with Crippen LogP contribution in [0.1, 0.15) is 32.5 Å². The van der Waals surface area contributed by atoms with Crippen LogP contribution in [0.2, 0.25) is 0 Å². The van der Waals surface area contributed by atoms with E-state index < -0.39 is 14.6 Å². The molecule has 0 bridgehead atoms. The van der Waals surface area contributed by atoms with E-state index in [0.29, 0.717) is 11.1 Å². The maximum Gasteiger partial charge on any atom is 0.154 e. The Balaban J connectivity index is 3.36. The highest BCUT2D eigenvalue weighted by atomic mass is 79.9. The largest absolute Gasteiger partial charge is 0.308 e. The Kier molecular flexibility index (Phi) is 4.56. The van der Waals surface area contributed by atoms with E-state index in [9.17, 15) is 8.42 Å². The molecule has 0 aliphatic heterocycles. The van der Waals surface area contributed by atoms with Gasteiger partial charge in [0.25, 0.3) is 0 Å². The first-order valence-corrected chi connectivity index (χ1v) is 8.29. The monoisotopic (exact) mass is 338 g/mol. The molecule has 0 spiro atoms. The Hall–Kier alpha value is -0.470. The summed E-state index contributed by atoms with van der Waals surface area (Å²) in [4.78, 5) is 0. The normalized spacial score (nSPS) is 14.8. The Morgan fingerprint density at radius 2 is 2.06 bits per heavy atom. The first-order valence-electron chi connectivity index (χ1n) is 5.61. The molecule has 6 nitrogen and oxygen atoms in total. The van der Waals surface area contributed by atoms with E-state index in [-0.39, 0.29) is 6.04 Å². The third kappa shape index (κ3) is 2.75. The maximum atomic E-state index is 12.0. The van der Waals surface area contributed by atoms with Crippen LogP contribution in [0, 0.1) is 0 Å². The summed E-state index contributed by atoms with van der Waals surface area (Å²) in [6.07, 6.45) is 1.25. The molecule has 8 heteroatoms. The van der Waals surface area contributed by atoms with E-state index in [2.05, 4.69) is 31.6 Å². The minimum Gasteiger partial charge on any atom is -0.308 e. The Labute approximate surface area is 116 Å². The van der Waals surface area contributed by atoms with Gasteiger partial charge in [-0.1, -0.05) is 12.1 Å². The fraction of sp³-hybridized carbons (Fsp3) is 0.800. The molecule has 0 aromatic carbocycles. The van der Waals surface area contributed by atoms with Crippen molar-refractivity contribution in [2.75, 3.05) is 12.8 Å². The fourth-order valence-corrected chi connectivity index (χ4v) is 2.91. The lowest BCUT2D eigenvalue weighted by atomic mass is 10.00. The average Bonchev–Trinajstić information content (AvgIpc) is 2.54. The van der Waals surface area contributed by atoms with Crippen LogP contribution < -0.4 is 5.32 Å². The minimum absolute atomic E-state index is 0.383. The number of hydrogen-bond donors (Lipinski definition) is 1. The maximum absolute atomic E-state index is 12.0. The number of rotatable bonds is 5. The molecule has 0 saturated carbocycles. The second-order valence-electron chi connectivity index (χ2n) is 4.76.